The zero-order valence-electron chi connectivity index (χ0n) is 11.3. The Kier molecular flexibility index (Phi) is 3.20. The number of nitrogens with two attached hydrogens (primary N) is 1. The Morgan fingerprint density at radius 1 is 1.16 bits per heavy atom. The van der Waals surface area contributed by atoms with Crippen molar-refractivity contribution >= 4 is 5.82 Å². The number of nitrogens with zero attached hydrogens (tertiary/aromatic N) is 2. The molecular weight excluding hydrogens is 234 g/mol. The normalized spacial score (nSPS) is 14.2. The minimum absolute atomic E-state index is 0.687. The van der Waals surface area contributed by atoms with Crippen LogP contribution in [0.25, 0.3) is 0 Å². The summed E-state index contributed by atoms with van der Waals surface area (Å²) in [5, 5.41) is 0. The van der Waals surface area contributed by atoms with Gasteiger partial charge in [0, 0.05) is 17.7 Å². The number of aromatic nitrogens is 2. The Bertz CT molecular complexity index is 605. The molecule has 0 fully saturated rings. The van der Waals surface area contributed by atoms with E-state index in [9.17, 15) is 0 Å². The maximum atomic E-state index is 6.07. The van der Waals surface area contributed by atoms with Gasteiger partial charge < -0.3 is 5.73 Å². The molecular formula is C16H19N3. The van der Waals surface area contributed by atoms with Crippen LogP contribution >= 0.6 is 0 Å². The third kappa shape index (κ3) is 2.60. The quantitative estimate of drug-likeness (QED) is 0.895. The minimum Gasteiger partial charge on any atom is -0.383 e. The van der Waals surface area contributed by atoms with Crippen LogP contribution in [-0.2, 0) is 19.3 Å². The topological polar surface area (TPSA) is 51.8 Å². The lowest BCUT2D eigenvalue weighted by Crippen LogP contribution is -2.13. The van der Waals surface area contributed by atoms with Gasteiger partial charge in [-0.05, 0) is 38.2 Å². The largest absolute Gasteiger partial charge is 0.383 e. The third-order valence-corrected chi connectivity index (χ3v) is 3.71. The molecule has 2 N–H and O–H groups in total. The van der Waals surface area contributed by atoms with E-state index >= 15 is 0 Å². The first-order valence-electron chi connectivity index (χ1n) is 6.92. The molecule has 3 rings (SSSR count). The van der Waals surface area contributed by atoms with Gasteiger partial charge in [-0.25, -0.2) is 9.97 Å². The zero-order chi connectivity index (χ0) is 13.2. The van der Waals surface area contributed by atoms with Crippen LogP contribution < -0.4 is 5.73 Å². The molecule has 1 aliphatic carbocycles. The number of nitrogen functional groups attached to an aromatic ring is 1. The summed E-state index contributed by atoms with van der Waals surface area (Å²) >= 11 is 0. The van der Waals surface area contributed by atoms with Crippen molar-refractivity contribution in [1.29, 1.82) is 0 Å². The van der Waals surface area contributed by atoms with Gasteiger partial charge in [0.25, 0.3) is 0 Å². The number of aryl methyl sites for hydroxylation is 2. The van der Waals surface area contributed by atoms with Crippen LogP contribution in [0.15, 0.2) is 24.3 Å². The van der Waals surface area contributed by atoms with E-state index in [0.29, 0.717) is 5.82 Å². The van der Waals surface area contributed by atoms with Gasteiger partial charge in [-0.3, -0.25) is 0 Å². The summed E-state index contributed by atoms with van der Waals surface area (Å²) in [6, 6.07) is 8.48. The average Bonchev–Trinajstić information content (AvgIpc) is 2.39. The van der Waals surface area contributed by atoms with Crippen LogP contribution in [0.3, 0.4) is 0 Å². The van der Waals surface area contributed by atoms with Crippen LogP contribution in [0, 0.1) is 6.92 Å². The summed E-state index contributed by atoms with van der Waals surface area (Å²) < 4.78 is 0. The van der Waals surface area contributed by atoms with E-state index in [1.54, 1.807) is 0 Å². The minimum atomic E-state index is 0.687. The molecule has 0 atom stereocenters. The molecule has 1 heterocycles. The third-order valence-electron chi connectivity index (χ3n) is 3.71. The van der Waals surface area contributed by atoms with Crippen molar-refractivity contribution in [3.63, 3.8) is 0 Å². The molecule has 1 aromatic carbocycles. The summed E-state index contributed by atoms with van der Waals surface area (Å²) in [6.07, 6.45) is 5.26. The van der Waals surface area contributed by atoms with E-state index in [-0.39, 0.29) is 0 Å². The molecule has 0 amide bonds. The highest BCUT2D eigenvalue weighted by Gasteiger charge is 2.16. The van der Waals surface area contributed by atoms with E-state index in [4.69, 9.17) is 10.7 Å². The van der Waals surface area contributed by atoms with Crippen molar-refractivity contribution in [2.24, 2.45) is 0 Å². The van der Waals surface area contributed by atoms with Crippen LogP contribution in [0.2, 0.25) is 0 Å². The molecule has 0 aliphatic heterocycles. The Balaban J connectivity index is 1.91. The fourth-order valence-corrected chi connectivity index (χ4v) is 2.76. The molecule has 98 valence electrons. The first-order chi connectivity index (χ1) is 9.22. The molecule has 2 aromatic rings. The van der Waals surface area contributed by atoms with Gasteiger partial charge in [0.05, 0.1) is 0 Å². The molecule has 1 aliphatic rings. The predicted octanol–water partition coefficient (Wildman–Crippen LogP) is 2.84. The summed E-state index contributed by atoms with van der Waals surface area (Å²) in [7, 11) is 0. The molecule has 3 nitrogen and oxygen atoms in total. The molecule has 1 aromatic heterocycles. The number of hydrogen-bond acceptors (Lipinski definition) is 3. The maximum absolute atomic E-state index is 6.07. The Hall–Kier alpha value is -1.90. The van der Waals surface area contributed by atoms with E-state index < -0.39 is 0 Å². The van der Waals surface area contributed by atoms with Gasteiger partial charge in [0.2, 0.25) is 0 Å². The standard InChI is InChI=1S/C16H19N3/c1-11-5-4-6-12(9-11)10-15-18-14-8-3-2-7-13(14)16(17)19-15/h4-6,9H,2-3,7-8,10H2,1H3,(H2,17,18,19). The molecule has 0 saturated carbocycles. The highest BCUT2D eigenvalue weighted by atomic mass is 15.0. The Morgan fingerprint density at radius 2 is 2.00 bits per heavy atom. The van der Waals surface area contributed by atoms with Crippen molar-refractivity contribution in [2.75, 3.05) is 5.73 Å². The summed E-state index contributed by atoms with van der Waals surface area (Å²) in [6.45, 7) is 2.10. The van der Waals surface area contributed by atoms with E-state index in [0.717, 1.165) is 25.1 Å². The van der Waals surface area contributed by atoms with Gasteiger partial charge in [-0.1, -0.05) is 29.8 Å². The highest BCUT2D eigenvalue weighted by molar-refractivity contribution is 5.44. The first kappa shape index (κ1) is 12.2. The van der Waals surface area contributed by atoms with Crippen molar-refractivity contribution in [3.05, 3.63) is 52.5 Å². The van der Waals surface area contributed by atoms with Gasteiger partial charge in [0.15, 0.2) is 0 Å². The van der Waals surface area contributed by atoms with Crippen LogP contribution in [0.4, 0.5) is 5.82 Å². The maximum Gasteiger partial charge on any atom is 0.135 e. The van der Waals surface area contributed by atoms with Crippen molar-refractivity contribution < 1.29 is 0 Å². The zero-order valence-corrected chi connectivity index (χ0v) is 11.3. The molecule has 0 bridgehead atoms. The lowest BCUT2D eigenvalue weighted by Gasteiger charge is -2.17. The lowest BCUT2D eigenvalue weighted by molar-refractivity contribution is 0.658. The molecule has 0 unspecified atom stereocenters. The fourth-order valence-electron chi connectivity index (χ4n) is 2.76. The number of hydrogen-bond donors (Lipinski definition) is 1. The van der Waals surface area contributed by atoms with Crippen molar-refractivity contribution in [1.82, 2.24) is 9.97 Å². The van der Waals surface area contributed by atoms with Crippen molar-refractivity contribution in [3.8, 4) is 0 Å². The fraction of sp³-hybridized carbons (Fsp3) is 0.375. The highest BCUT2D eigenvalue weighted by Crippen LogP contribution is 2.24. The second-order valence-electron chi connectivity index (χ2n) is 5.32. The van der Waals surface area contributed by atoms with Crippen LogP contribution in [0.5, 0.6) is 0 Å². The number of benzene rings is 1. The van der Waals surface area contributed by atoms with Crippen LogP contribution in [-0.4, -0.2) is 9.97 Å². The second kappa shape index (κ2) is 5.00. The summed E-state index contributed by atoms with van der Waals surface area (Å²) in [5.74, 6) is 1.54. The van der Waals surface area contributed by atoms with Gasteiger partial charge >= 0.3 is 0 Å². The Morgan fingerprint density at radius 3 is 2.84 bits per heavy atom. The van der Waals surface area contributed by atoms with Gasteiger partial charge in [-0.2, -0.15) is 0 Å². The van der Waals surface area contributed by atoms with E-state index in [2.05, 4.69) is 36.2 Å². The average molecular weight is 253 g/mol. The summed E-state index contributed by atoms with van der Waals surface area (Å²) in [4.78, 5) is 9.19. The van der Waals surface area contributed by atoms with E-state index in [1.807, 2.05) is 0 Å². The van der Waals surface area contributed by atoms with Gasteiger partial charge in [-0.15, -0.1) is 0 Å². The molecule has 19 heavy (non-hydrogen) atoms. The molecule has 0 spiro atoms. The second-order valence-corrected chi connectivity index (χ2v) is 5.32. The van der Waals surface area contributed by atoms with E-state index in [1.165, 1.54) is 35.2 Å². The lowest BCUT2D eigenvalue weighted by atomic mass is 9.96. The first-order valence-corrected chi connectivity index (χ1v) is 6.92. The number of anilines is 1. The molecule has 0 radical (unpaired) electrons. The summed E-state index contributed by atoms with van der Waals surface area (Å²) in [5.41, 5.74) is 10.9. The van der Waals surface area contributed by atoms with Crippen LogP contribution in [0.1, 0.15) is 41.1 Å². The van der Waals surface area contributed by atoms with Crippen molar-refractivity contribution in [2.45, 2.75) is 39.0 Å². The Labute approximate surface area is 113 Å². The monoisotopic (exact) mass is 253 g/mol. The van der Waals surface area contributed by atoms with Gasteiger partial charge in [0.1, 0.15) is 11.6 Å². The SMILES string of the molecule is Cc1cccc(Cc2nc(N)c3c(n2)CCCC3)c1. The predicted molar refractivity (Wildman–Crippen MR) is 77.1 cm³/mol. The molecule has 0 saturated heterocycles. The number of fused-ring (bicyclic) bond motifs is 1. The smallest absolute Gasteiger partial charge is 0.135 e. The molecule has 3 heteroatoms. The number of rotatable bonds is 2.